The molecule has 0 fully saturated rings. The minimum atomic E-state index is -0.278. The molecule has 3 nitrogen and oxygen atoms in total. The predicted octanol–water partition coefficient (Wildman–Crippen LogP) is 7.28. The zero-order valence-corrected chi connectivity index (χ0v) is 18.0. The Balaban J connectivity index is 1.93. The quantitative estimate of drug-likeness (QED) is 0.352. The Morgan fingerprint density at radius 1 is 1.03 bits per heavy atom. The number of fused-ring (bicyclic) bond motifs is 1. The van der Waals surface area contributed by atoms with Gasteiger partial charge in [-0.3, -0.25) is 4.90 Å². The first-order valence-electron chi connectivity index (χ1n) is 10.7. The fraction of sp³-hybridized carbons (Fsp3) is 0.296. The van der Waals surface area contributed by atoms with Gasteiger partial charge in [0, 0.05) is 6.04 Å². The van der Waals surface area contributed by atoms with Crippen LogP contribution in [-0.4, -0.2) is 17.0 Å². The first-order valence-corrected chi connectivity index (χ1v) is 10.7. The number of rotatable bonds is 9. The molecule has 2 atom stereocenters. The molecular weight excluding hydrogens is 370 g/mol. The van der Waals surface area contributed by atoms with Gasteiger partial charge in [-0.15, -0.1) is 6.58 Å². The topological polar surface area (TPSA) is 29.5 Å². The molecule has 0 aromatic heterocycles. The fourth-order valence-corrected chi connectivity index (χ4v) is 4.08. The number of nitrogens with zero attached hydrogens (tertiary/aromatic N) is 1. The monoisotopic (exact) mass is 401 g/mol. The van der Waals surface area contributed by atoms with Gasteiger partial charge in [0.1, 0.15) is 6.61 Å². The van der Waals surface area contributed by atoms with Crippen molar-refractivity contribution >= 4 is 16.9 Å². The maximum Gasteiger partial charge on any atom is 0.410 e. The molecule has 1 amide bonds. The van der Waals surface area contributed by atoms with E-state index in [9.17, 15) is 4.79 Å². The number of carbonyl (C=O) groups excluding carboxylic acids is 1. The molecule has 3 aromatic carbocycles. The Hall–Kier alpha value is -3.07. The van der Waals surface area contributed by atoms with Crippen LogP contribution in [0.15, 0.2) is 85.5 Å². The number of benzene rings is 3. The van der Waals surface area contributed by atoms with Gasteiger partial charge in [-0.05, 0) is 41.7 Å². The Morgan fingerprint density at radius 2 is 1.73 bits per heavy atom. The summed E-state index contributed by atoms with van der Waals surface area (Å²) in [5, 5.41) is 2.34. The van der Waals surface area contributed by atoms with Crippen LogP contribution in [0.5, 0.6) is 0 Å². The number of ether oxygens (including phenoxy) is 1. The van der Waals surface area contributed by atoms with Gasteiger partial charge in [-0.1, -0.05) is 92.2 Å². The predicted molar refractivity (Wildman–Crippen MR) is 124 cm³/mol. The maximum atomic E-state index is 13.3. The summed E-state index contributed by atoms with van der Waals surface area (Å²) in [6, 6.07) is 24.3. The Kier molecular flexibility index (Phi) is 7.67. The highest BCUT2D eigenvalue weighted by atomic mass is 16.6. The van der Waals surface area contributed by atoms with Crippen LogP contribution in [0.4, 0.5) is 4.79 Å². The molecule has 3 heteroatoms. The van der Waals surface area contributed by atoms with E-state index < -0.39 is 0 Å². The van der Waals surface area contributed by atoms with Gasteiger partial charge in [-0.25, -0.2) is 4.79 Å². The molecule has 3 aromatic rings. The average Bonchev–Trinajstić information content (AvgIpc) is 2.78. The third-order valence-electron chi connectivity index (χ3n) is 5.56. The summed E-state index contributed by atoms with van der Waals surface area (Å²) in [6.07, 6.45) is 4.25. The molecule has 0 radical (unpaired) electrons. The smallest absolute Gasteiger partial charge is 0.410 e. The summed E-state index contributed by atoms with van der Waals surface area (Å²) in [4.78, 5) is 15.2. The van der Waals surface area contributed by atoms with E-state index in [4.69, 9.17) is 4.74 Å². The summed E-state index contributed by atoms with van der Waals surface area (Å²) in [5.74, 6) is 0. The number of hydrogen-bond donors (Lipinski definition) is 0. The summed E-state index contributed by atoms with van der Waals surface area (Å²) in [7, 11) is 0. The van der Waals surface area contributed by atoms with Crippen molar-refractivity contribution in [2.24, 2.45) is 0 Å². The summed E-state index contributed by atoms with van der Waals surface area (Å²) in [5.41, 5.74) is 2.12. The Labute approximate surface area is 180 Å². The van der Waals surface area contributed by atoms with Crippen molar-refractivity contribution in [1.29, 1.82) is 0 Å². The van der Waals surface area contributed by atoms with E-state index in [-0.39, 0.29) is 24.8 Å². The first kappa shape index (κ1) is 21.6. The van der Waals surface area contributed by atoms with Crippen LogP contribution in [0.2, 0.25) is 0 Å². The molecule has 0 heterocycles. The Morgan fingerprint density at radius 3 is 2.47 bits per heavy atom. The zero-order chi connectivity index (χ0) is 21.3. The molecule has 3 rings (SSSR count). The van der Waals surface area contributed by atoms with E-state index in [0.29, 0.717) is 0 Å². The summed E-state index contributed by atoms with van der Waals surface area (Å²) in [6.45, 7) is 8.43. The molecule has 0 unspecified atom stereocenters. The lowest BCUT2D eigenvalue weighted by Crippen LogP contribution is -2.42. The van der Waals surface area contributed by atoms with Crippen molar-refractivity contribution in [2.45, 2.75) is 51.8 Å². The van der Waals surface area contributed by atoms with Crippen LogP contribution in [0.1, 0.15) is 50.3 Å². The van der Waals surface area contributed by atoms with Gasteiger partial charge in [0.2, 0.25) is 0 Å². The molecule has 0 aliphatic carbocycles. The minimum Gasteiger partial charge on any atom is -0.445 e. The lowest BCUT2D eigenvalue weighted by molar-refractivity contribution is 0.0620. The summed E-state index contributed by atoms with van der Waals surface area (Å²) < 4.78 is 5.77. The maximum absolute atomic E-state index is 13.3. The van der Waals surface area contributed by atoms with E-state index >= 15 is 0 Å². The van der Waals surface area contributed by atoms with Crippen molar-refractivity contribution in [3.63, 3.8) is 0 Å². The van der Waals surface area contributed by atoms with E-state index in [0.717, 1.165) is 30.4 Å². The molecule has 0 bridgehead atoms. The van der Waals surface area contributed by atoms with Crippen LogP contribution >= 0.6 is 0 Å². The number of hydrogen-bond acceptors (Lipinski definition) is 2. The lowest BCUT2D eigenvalue weighted by Gasteiger charge is -2.36. The van der Waals surface area contributed by atoms with Gasteiger partial charge in [0.15, 0.2) is 0 Å². The first-order chi connectivity index (χ1) is 14.7. The molecule has 0 aliphatic heterocycles. The van der Waals surface area contributed by atoms with E-state index in [1.54, 1.807) is 0 Å². The number of amides is 1. The molecule has 30 heavy (non-hydrogen) atoms. The highest BCUT2D eigenvalue weighted by molar-refractivity contribution is 5.86. The van der Waals surface area contributed by atoms with Crippen molar-refractivity contribution in [1.82, 2.24) is 4.90 Å². The van der Waals surface area contributed by atoms with E-state index in [1.165, 1.54) is 10.8 Å². The van der Waals surface area contributed by atoms with E-state index in [1.807, 2.05) is 53.4 Å². The molecule has 0 aliphatic rings. The molecular formula is C27H31NO2. The van der Waals surface area contributed by atoms with Crippen molar-refractivity contribution in [2.75, 3.05) is 0 Å². The molecule has 0 saturated carbocycles. The standard InChI is InChI=1S/C27H31NO2/c1-4-12-24(13-5-2)28(27(29)30-20-22-14-7-6-8-15-22)21(3)25-19-11-17-23-16-9-10-18-26(23)25/h4,6-11,14-19,21,24H,1,5,12-13,20H2,2-3H3/t21-,24+/m0/s1. The largest absolute Gasteiger partial charge is 0.445 e. The fourth-order valence-electron chi connectivity index (χ4n) is 4.08. The second kappa shape index (κ2) is 10.6. The average molecular weight is 402 g/mol. The summed E-state index contributed by atoms with van der Waals surface area (Å²) >= 11 is 0. The third kappa shape index (κ3) is 5.10. The van der Waals surface area contributed by atoms with Crippen LogP contribution in [-0.2, 0) is 11.3 Å². The second-order valence-corrected chi connectivity index (χ2v) is 7.66. The van der Waals surface area contributed by atoms with Crippen molar-refractivity contribution in [3.8, 4) is 0 Å². The molecule has 0 saturated heterocycles. The van der Waals surface area contributed by atoms with Crippen molar-refractivity contribution in [3.05, 3.63) is 96.6 Å². The van der Waals surface area contributed by atoms with Gasteiger partial charge >= 0.3 is 6.09 Å². The van der Waals surface area contributed by atoms with Crippen LogP contribution < -0.4 is 0 Å². The van der Waals surface area contributed by atoms with Crippen molar-refractivity contribution < 1.29 is 9.53 Å². The highest BCUT2D eigenvalue weighted by Crippen LogP contribution is 2.32. The molecule has 0 spiro atoms. The van der Waals surface area contributed by atoms with Gasteiger partial charge in [-0.2, -0.15) is 0 Å². The van der Waals surface area contributed by atoms with Crippen LogP contribution in [0, 0.1) is 0 Å². The Bertz CT molecular complexity index is 962. The van der Waals surface area contributed by atoms with Crippen LogP contribution in [0.25, 0.3) is 10.8 Å². The highest BCUT2D eigenvalue weighted by Gasteiger charge is 2.30. The number of carbonyl (C=O) groups is 1. The zero-order valence-electron chi connectivity index (χ0n) is 18.0. The molecule has 156 valence electrons. The minimum absolute atomic E-state index is 0.0461. The second-order valence-electron chi connectivity index (χ2n) is 7.66. The van der Waals surface area contributed by atoms with Gasteiger partial charge < -0.3 is 4.74 Å². The van der Waals surface area contributed by atoms with Gasteiger partial charge in [0.05, 0.1) is 6.04 Å². The normalized spacial score (nSPS) is 12.9. The lowest BCUT2D eigenvalue weighted by atomic mass is 9.96. The molecule has 0 N–H and O–H groups in total. The van der Waals surface area contributed by atoms with Gasteiger partial charge in [0.25, 0.3) is 0 Å². The van der Waals surface area contributed by atoms with E-state index in [2.05, 4.69) is 50.8 Å². The third-order valence-corrected chi connectivity index (χ3v) is 5.56. The SMILES string of the molecule is C=CC[C@H](CCC)N(C(=O)OCc1ccccc1)[C@@H](C)c1cccc2ccccc12. The van der Waals surface area contributed by atoms with Crippen LogP contribution in [0.3, 0.4) is 0 Å².